The van der Waals surface area contributed by atoms with E-state index in [-0.39, 0.29) is 16.7 Å². The Hall–Kier alpha value is -1.61. The molecule has 0 heterocycles. The lowest BCUT2D eigenvalue weighted by Gasteiger charge is -2.29. The van der Waals surface area contributed by atoms with Crippen LogP contribution < -0.4 is 4.52 Å². The zero-order valence-corrected chi connectivity index (χ0v) is 21.4. The van der Waals surface area contributed by atoms with Crippen LogP contribution in [-0.4, -0.2) is 14.9 Å². The summed E-state index contributed by atoms with van der Waals surface area (Å²) in [6, 6.07) is 8.17. The van der Waals surface area contributed by atoms with Gasteiger partial charge in [0.1, 0.15) is 11.5 Å². The second-order valence-electron chi connectivity index (χ2n) is 10.6. The maximum atomic E-state index is 10.6. The van der Waals surface area contributed by atoms with Crippen LogP contribution in [0.4, 0.5) is 0 Å². The summed E-state index contributed by atoms with van der Waals surface area (Å²) >= 11 is 0. The molecule has 0 saturated carbocycles. The van der Waals surface area contributed by atoms with Crippen LogP contribution in [0.3, 0.4) is 0 Å². The third-order valence-electron chi connectivity index (χ3n) is 5.88. The van der Waals surface area contributed by atoms with E-state index in [9.17, 15) is 14.9 Å². The molecule has 2 aromatic rings. The fourth-order valence-electron chi connectivity index (χ4n) is 4.28. The molecule has 0 spiro atoms. The summed E-state index contributed by atoms with van der Waals surface area (Å²) in [5.41, 5.74) is 6.11. The number of benzene rings is 2. The molecule has 1 atom stereocenters. The van der Waals surface area contributed by atoms with Crippen molar-refractivity contribution in [3.05, 3.63) is 57.6 Å². The van der Waals surface area contributed by atoms with Crippen molar-refractivity contribution in [1.29, 1.82) is 0 Å². The highest BCUT2D eigenvalue weighted by atomic mass is 31.2. The molecule has 0 fully saturated rings. The van der Waals surface area contributed by atoms with Gasteiger partial charge in [-0.3, -0.25) is 0 Å². The van der Waals surface area contributed by atoms with E-state index in [4.69, 9.17) is 4.52 Å². The molecule has 0 amide bonds. The SMILES string of the molecule is CCCC(c1cc(C(C)(C)C)c(O)cc1C)c1cc(C(C)(C)C)c(OP(O)O)cc1C. The molecule has 31 heavy (non-hydrogen) atoms. The molecule has 0 aliphatic heterocycles. The smallest absolute Gasteiger partial charge is 0.391 e. The van der Waals surface area contributed by atoms with E-state index in [2.05, 4.69) is 74.4 Å². The van der Waals surface area contributed by atoms with Gasteiger partial charge in [-0.15, -0.1) is 0 Å². The maximum Gasteiger partial charge on any atom is 0.391 e. The van der Waals surface area contributed by atoms with Crippen molar-refractivity contribution in [2.24, 2.45) is 0 Å². The van der Waals surface area contributed by atoms with Gasteiger partial charge in [0.25, 0.3) is 0 Å². The fraction of sp³-hybridized carbons (Fsp3) is 0.538. The van der Waals surface area contributed by atoms with E-state index in [1.54, 1.807) is 0 Å². The minimum Gasteiger partial charge on any atom is -0.508 e. The zero-order valence-electron chi connectivity index (χ0n) is 20.5. The highest BCUT2D eigenvalue weighted by molar-refractivity contribution is 7.39. The fourth-order valence-corrected chi connectivity index (χ4v) is 4.60. The standard InChI is InChI=1S/C26H39O4P/c1-10-11-18(19-14-21(25(4,5)6)23(27)12-16(19)2)20-15-22(26(7,8)9)24(13-17(20)3)30-31(28)29/h12-15,18,27-29H,10-11H2,1-9H3. The van der Waals surface area contributed by atoms with Crippen LogP contribution in [0.2, 0.25) is 0 Å². The maximum absolute atomic E-state index is 10.6. The van der Waals surface area contributed by atoms with Crippen molar-refractivity contribution in [2.45, 2.75) is 91.9 Å². The van der Waals surface area contributed by atoms with Gasteiger partial charge in [-0.2, -0.15) is 0 Å². The van der Waals surface area contributed by atoms with Crippen LogP contribution in [0.25, 0.3) is 0 Å². The predicted octanol–water partition coefficient (Wildman–Crippen LogP) is 7.13. The van der Waals surface area contributed by atoms with Gasteiger partial charge >= 0.3 is 8.60 Å². The summed E-state index contributed by atoms with van der Waals surface area (Å²) < 4.78 is 5.40. The van der Waals surface area contributed by atoms with E-state index >= 15 is 0 Å². The van der Waals surface area contributed by atoms with Gasteiger partial charge < -0.3 is 19.4 Å². The van der Waals surface area contributed by atoms with Gasteiger partial charge in [-0.25, -0.2) is 0 Å². The Morgan fingerprint density at radius 2 is 1.32 bits per heavy atom. The van der Waals surface area contributed by atoms with Crippen LogP contribution in [0.15, 0.2) is 24.3 Å². The lowest BCUT2D eigenvalue weighted by atomic mass is 9.76. The van der Waals surface area contributed by atoms with Gasteiger partial charge in [0.05, 0.1) is 0 Å². The molecule has 2 aromatic carbocycles. The van der Waals surface area contributed by atoms with Crippen molar-refractivity contribution >= 4 is 8.60 Å². The second-order valence-corrected chi connectivity index (χ2v) is 11.3. The average Bonchev–Trinajstić information content (AvgIpc) is 2.58. The van der Waals surface area contributed by atoms with Crippen LogP contribution in [0.5, 0.6) is 11.5 Å². The largest absolute Gasteiger partial charge is 0.508 e. The summed E-state index contributed by atoms with van der Waals surface area (Å²) in [4.78, 5) is 18.9. The molecule has 0 aliphatic carbocycles. The predicted molar refractivity (Wildman–Crippen MR) is 130 cm³/mol. The molecule has 172 valence electrons. The van der Waals surface area contributed by atoms with Crippen molar-refractivity contribution in [3.63, 3.8) is 0 Å². The summed E-state index contributed by atoms with van der Waals surface area (Å²) in [6.07, 6.45) is 2.00. The molecule has 1 unspecified atom stereocenters. The van der Waals surface area contributed by atoms with E-state index in [0.717, 1.165) is 35.1 Å². The Kier molecular flexibility index (Phi) is 7.85. The first-order valence-electron chi connectivity index (χ1n) is 11.0. The van der Waals surface area contributed by atoms with Crippen LogP contribution in [0.1, 0.15) is 101 Å². The van der Waals surface area contributed by atoms with Gasteiger partial charge in [0, 0.05) is 11.5 Å². The number of rotatable bonds is 6. The number of aromatic hydroxyl groups is 1. The monoisotopic (exact) mass is 446 g/mol. The van der Waals surface area contributed by atoms with Crippen molar-refractivity contribution in [2.75, 3.05) is 0 Å². The molecule has 3 N–H and O–H groups in total. The summed E-state index contributed by atoms with van der Waals surface area (Å²) in [7, 11) is -2.48. The first-order chi connectivity index (χ1) is 14.2. The molecule has 4 nitrogen and oxygen atoms in total. The highest BCUT2D eigenvalue weighted by Gasteiger charge is 2.27. The van der Waals surface area contributed by atoms with Gasteiger partial charge in [0.15, 0.2) is 0 Å². The molecule has 5 heteroatoms. The van der Waals surface area contributed by atoms with Crippen LogP contribution in [-0.2, 0) is 10.8 Å². The van der Waals surface area contributed by atoms with Gasteiger partial charge in [-0.1, -0.05) is 67.0 Å². The van der Waals surface area contributed by atoms with Crippen LogP contribution >= 0.6 is 8.60 Å². The molecule has 0 aromatic heterocycles. The first kappa shape index (κ1) is 25.6. The molecule has 2 rings (SSSR count). The Labute approximate surface area is 189 Å². The number of aryl methyl sites for hydroxylation is 2. The quantitative estimate of drug-likeness (QED) is 0.413. The third-order valence-corrected chi connectivity index (χ3v) is 6.24. The number of phenols is 1. The highest BCUT2D eigenvalue weighted by Crippen LogP contribution is 2.44. The Morgan fingerprint density at radius 1 is 0.839 bits per heavy atom. The van der Waals surface area contributed by atoms with Crippen LogP contribution in [0, 0.1) is 13.8 Å². The van der Waals surface area contributed by atoms with E-state index in [1.807, 2.05) is 12.1 Å². The van der Waals surface area contributed by atoms with Crippen molar-refractivity contribution in [3.8, 4) is 11.5 Å². The van der Waals surface area contributed by atoms with Gasteiger partial charge in [0.2, 0.25) is 0 Å². The first-order valence-corrected chi connectivity index (χ1v) is 12.2. The number of hydrogen-bond donors (Lipinski definition) is 3. The summed E-state index contributed by atoms with van der Waals surface area (Å²) in [5.74, 6) is 1.05. The number of hydrogen-bond acceptors (Lipinski definition) is 4. The molecular weight excluding hydrogens is 407 g/mol. The lowest BCUT2D eigenvalue weighted by molar-refractivity contribution is 0.369. The summed E-state index contributed by atoms with van der Waals surface area (Å²) in [6.45, 7) is 19.0. The van der Waals surface area contributed by atoms with E-state index in [0.29, 0.717) is 11.5 Å². The Balaban J connectivity index is 2.76. The normalized spacial score (nSPS) is 13.5. The van der Waals surface area contributed by atoms with E-state index < -0.39 is 8.60 Å². The minimum absolute atomic E-state index is 0.161. The Morgan fingerprint density at radius 3 is 1.77 bits per heavy atom. The van der Waals surface area contributed by atoms with Crippen molar-refractivity contribution < 1.29 is 19.4 Å². The molecule has 0 aliphatic rings. The average molecular weight is 447 g/mol. The molecule has 0 bridgehead atoms. The second kappa shape index (κ2) is 9.48. The van der Waals surface area contributed by atoms with Gasteiger partial charge in [-0.05, 0) is 71.0 Å². The Bertz CT molecular complexity index is 920. The van der Waals surface area contributed by atoms with E-state index in [1.165, 1.54) is 11.1 Å². The number of phenolic OH excluding ortho intramolecular Hbond substituents is 1. The molecule has 0 radical (unpaired) electrons. The molecular formula is C26H39O4P. The minimum atomic E-state index is -2.48. The molecule has 0 saturated heterocycles. The topological polar surface area (TPSA) is 69.9 Å². The summed E-state index contributed by atoms with van der Waals surface area (Å²) in [5, 5.41) is 10.6. The zero-order chi connectivity index (χ0) is 23.7. The van der Waals surface area contributed by atoms with Crippen molar-refractivity contribution in [1.82, 2.24) is 0 Å². The third kappa shape index (κ3) is 6.00. The lowest BCUT2D eigenvalue weighted by Crippen LogP contribution is -2.16.